The van der Waals surface area contributed by atoms with Crippen molar-refractivity contribution in [1.82, 2.24) is 5.32 Å². The van der Waals surface area contributed by atoms with E-state index in [9.17, 15) is 5.11 Å². The maximum atomic E-state index is 9.45. The van der Waals surface area contributed by atoms with Gasteiger partial charge in [0.25, 0.3) is 0 Å². The van der Waals surface area contributed by atoms with Crippen LogP contribution in [0.1, 0.15) is 53.4 Å². The van der Waals surface area contributed by atoms with Crippen LogP contribution in [0.5, 0.6) is 0 Å². The Morgan fingerprint density at radius 1 is 1.14 bits per heavy atom. The lowest BCUT2D eigenvalue weighted by Crippen LogP contribution is -2.43. The molecule has 4 unspecified atom stereocenters. The second-order valence-corrected chi connectivity index (χ2v) is 6.35. The summed E-state index contributed by atoms with van der Waals surface area (Å²) < 4.78 is 26.9. The van der Waals surface area contributed by atoms with Crippen molar-refractivity contribution in [3.63, 3.8) is 0 Å². The van der Waals surface area contributed by atoms with Gasteiger partial charge < -0.3 is 39.8 Å². The largest absolute Gasteiger partial charge is 0.379 e. The number of hydrogen-bond donors (Lipinski definition) is 4. The summed E-state index contributed by atoms with van der Waals surface area (Å²) in [6.07, 6.45) is 2.48. The Hall–Kier alpha value is -0.970. The van der Waals surface area contributed by atoms with Gasteiger partial charge in [-0.25, -0.2) is 0 Å². The van der Waals surface area contributed by atoms with E-state index in [4.69, 9.17) is 34.8 Å². The van der Waals surface area contributed by atoms with Gasteiger partial charge in [0.2, 0.25) is 0 Å². The summed E-state index contributed by atoms with van der Waals surface area (Å²) in [5.74, 6) is -0.104. The maximum absolute atomic E-state index is 9.45. The quantitative estimate of drug-likeness (QED) is 0.157. The maximum Gasteiger partial charge on any atom is 0.187 e. The molecule has 0 bridgehead atoms. The number of aliphatic hydroxyl groups excluding tert-OH is 1. The molecule has 0 radical (unpaired) electrons. The highest BCUT2D eigenvalue weighted by Crippen LogP contribution is 2.21. The zero-order valence-corrected chi connectivity index (χ0v) is 17.9. The standard InChI is InChI=1S/C12H24O4.C7H17N3O2/c1-3-7-14-9-11-10(15-8-4-2)5-6-12(13)16-11;1-3-11-5-6(12-4-2)10-7(8)9/h10-13H,3-9H2,1-2H3;6H,3-5H2,1-2H3,(H4,8,9,10). The lowest BCUT2D eigenvalue weighted by Gasteiger charge is -2.34. The molecule has 0 aromatic rings. The molecule has 0 aliphatic carbocycles. The topological polar surface area (TPSA) is 128 Å². The minimum Gasteiger partial charge on any atom is -0.379 e. The van der Waals surface area contributed by atoms with E-state index in [1.54, 1.807) is 0 Å². The number of nitrogens with two attached hydrogens (primary N) is 1. The summed E-state index contributed by atoms with van der Waals surface area (Å²) in [5, 5.41) is 19.0. The van der Waals surface area contributed by atoms with Crippen molar-refractivity contribution in [3.8, 4) is 0 Å². The first-order valence-corrected chi connectivity index (χ1v) is 10.3. The summed E-state index contributed by atoms with van der Waals surface area (Å²) >= 11 is 0. The molecule has 9 heteroatoms. The van der Waals surface area contributed by atoms with Crippen LogP contribution >= 0.6 is 0 Å². The van der Waals surface area contributed by atoms with E-state index in [1.807, 2.05) is 13.8 Å². The number of nitrogens with one attached hydrogen (secondary N) is 2. The Labute approximate surface area is 169 Å². The van der Waals surface area contributed by atoms with Crippen LogP contribution in [0.4, 0.5) is 0 Å². The monoisotopic (exact) mass is 407 g/mol. The van der Waals surface area contributed by atoms with Gasteiger partial charge in [0.15, 0.2) is 18.5 Å². The van der Waals surface area contributed by atoms with E-state index in [0.717, 1.165) is 32.5 Å². The summed E-state index contributed by atoms with van der Waals surface area (Å²) in [6.45, 7) is 11.5. The number of hydrogen-bond acceptors (Lipinski definition) is 7. The number of guanidine groups is 1. The number of rotatable bonds is 13. The van der Waals surface area contributed by atoms with Crippen molar-refractivity contribution in [2.45, 2.75) is 78.1 Å². The van der Waals surface area contributed by atoms with Crippen LogP contribution in [0.25, 0.3) is 0 Å². The molecule has 1 aliphatic heterocycles. The van der Waals surface area contributed by atoms with Gasteiger partial charge in [0, 0.05) is 32.8 Å². The molecule has 168 valence electrons. The number of ether oxygens (including phenoxy) is 5. The molecule has 5 N–H and O–H groups in total. The van der Waals surface area contributed by atoms with Crippen molar-refractivity contribution in [1.29, 1.82) is 5.41 Å². The molecular weight excluding hydrogens is 366 g/mol. The first-order chi connectivity index (χ1) is 13.5. The second-order valence-electron chi connectivity index (χ2n) is 6.35. The Morgan fingerprint density at radius 2 is 1.86 bits per heavy atom. The molecule has 4 atom stereocenters. The first-order valence-electron chi connectivity index (χ1n) is 10.3. The van der Waals surface area contributed by atoms with Crippen molar-refractivity contribution in [3.05, 3.63) is 0 Å². The van der Waals surface area contributed by atoms with Crippen LogP contribution in [-0.2, 0) is 23.7 Å². The first kappa shape index (κ1) is 27.0. The zero-order valence-electron chi connectivity index (χ0n) is 17.9. The third-order valence-corrected chi connectivity index (χ3v) is 3.77. The van der Waals surface area contributed by atoms with Gasteiger partial charge >= 0.3 is 0 Å². The fourth-order valence-electron chi connectivity index (χ4n) is 2.53. The molecular formula is C19H41N3O6. The van der Waals surface area contributed by atoms with Crippen LogP contribution in [0.15, 0.2) is 0 Å². The van der Waals surface area contributed by atoms with Crippen LogP contribution in [0.2, 0.25) is 0 Å². The Kier molecular flexibility index (Phi) is 17.5. The number of aliphatic hydroxyl groups is 1. The van der Waals surface area contributed by atoms with Crippen molar-refractivity contribution < 1.29 is 28.8 Å². The zero-order chi connectivity index (χ0) is 21.2. The molecule has 1 heterocycles. The van der Waals surface area contributed by atoms with Crippen molar-refractivity contribution in [2.24, 2.45) is 5.73 Å². The van der Waals surface area contributed by atoms with E-state index < -0.39 is 6.29 Å². The average molecular weight is 408 g/mol. The van der Waals surface area contributed by atoms with E-state index in [1.165, 1.54) is 0 Å². The average Bonchev–Trinajstić information content (AvgIpc) is 2.66. The molecule has 0 spiro atoms. The summed E-state index contributed by atoms with van der Waals surface area (Å²) in [4.78, 5) is 0. The minimum absolute atomic E-state index is 0.0696. The van der Waals surface area contributed by atoms with Gasteiger partial charge in [0.05, 0.1) is 19.3 Å². The fourth-order valence-corrected chi connectivity index (χ4v) is 2.53. The van der Waals surface area contributed by atoms with E-state index >= 15 is 0 Å². The Morgan fingerprint density at radius 3 is 2.43 bits per heavy atom. The third-order valence-electron chi connectivity index (χ3n) is 3.77. The van der Waals surface area contributed by atoms with Crippen LogP contribution in [0, 0.1) is 5.41 Å². The molecule has 1 rings (SSSR count). The Bertz CT molecular complexity index is 374. The smallest absolute Gasteiger partial charge is 0.187 e. The second kappa shape index (κ2) is 18.1. The fraction of sp³-hybridized carbons (Fsp3) is 0.947. The van der Waals surface area contributed by atoms with Gasteiger partial charge in [-0.05, 0) is 33.1 Å². The van der Waals surface area contributed by atoms with Crippen LogP contribution in [0.3, 0.4) is 0 Å². The highest BCUT2D eigenvalue weighted by Gasteiger charge is 2.31. The van der Waals surface area contributed by atoms with Crippen LogP contribution in [-0.4, -0.2) is 75.4 Å². The minimum atomic E-state index is -0.656. The van der Waals surface area contributed by atoms with Gasteiger partial charge in [-0.15, -0.1) is 0 Å². The normalized spacial score (nSPS) is 22.8. The SMILES string of the molecule is CCCOCC1OC(O)CCC1OCCC.CCOCC(NC(=N)N)OCC. The molecule has 9 nitrogen and oxygen atoms in total. The van der Waals surface area contributed by atoms with Gasteiger partial charge in [-0.2, -0.15) is 0 Å². The van der Waals surface area contributed by atoms with Crippen LogP contribution < -0.4 is 11.1 Å². The lowest BCUT2D eigenvalue weighted by atomic mass is 10.1. The van der Waals surface area contributed by atoms with E-state index in [-0.39, 0.29) is 24.4 Å². The predicted octanol–water partition coefficient (Wildman–Crippen LogP) is 1.57. The summed E-state index contributed by atoms with van der Waals surface area (Å²) in [5.41, 5.74) is 5.13. The summed E-state index contributed by atoms with van der Waals surface area (Å²) in [7, 11) is 0. The lowest BCUT2D eigenvalue weighted by molar-refractivity contribution is -0.221. The van der Waals surface area contributed by atoms with E-state index in [0.29, 0.717) is 32.8 Å². The van der Waals surface area contributed by atoms with Gasteiger partial charge in [0.1, 0.15) is 6.10 Å². The molecule has 1 saturated heterocycles. The van der Waals surface area contributed by atoms with Crippen molar-refractivity contribution in [2.75, 3.05) is 39.6 Å². The highest BCUT2D eigenvalue weighted by atomic mass is 16.6. The predicted molar refractivity (Wildman–Crippen MR) is 108 cm³/mol. The molecule has 0 saturated carbocycles. The van der Waals surface area contributed by atoms with Crippen molar-refractivity contribution >= 4 is 5.96 Å². The molecule has 1 fully saturated rings. The molecule has 0 aromatic carbocycles. The highest BCUT2D eigenvalue weighted by molar-refractivity contribution is 5.74. The Balaban J connectivity index is 0.000000546. The molecule has 1 aliphatic rings. The third kappa shape index (κ3) is 14.1. The van der Waals surface area contributed by atoms with Gasteiger partial charge in [-0.3, -0.25) is 5.41 Å². The summed E-state index contributed by atoms with van der Waals surface area (Å²) in [6, 6.07) is 0. The molecule has 28 heavy (non-hydrogen) atoms. The van der Waals surface area contributed by atoms with Gasteiger partial charge in [-0.1, -0.05) is 13.8 Å². The molecule has 0 aromatic heterocycles. The molecule has 0 amide bonds. The van der Waals surface area contributed by atoms with E-state index in [2.05, 4.69) is 19.2 Å².